The van der Waals surface area contributed by atoms with E-state index in [1.165, 1.54) is 0 Å². The maximum atomic E-state index is 11.2. The molecule has 1 saturated heterocycles. The molecule has 0 spiro atoms. The van der Waals surface area contributed by atoms with E-state index in [2.05, 4.69) is 10.00 Å². The number of nitrogens with zero attached hydrogens (tertiary/aromatic N) is 3. The van der Waals surface area contributed by atoms with Gasteiger partial charge in [-0.1, -0.05) is 0 Å². The van der Waals surface area contributed by atoms with E-state index in [4.69, 9.17) is 0 Å². The van der Waals surface area contributed by atoms with Gasteiger partial charge in [0, 0.05) is 25.7 Å². The first-order valence-corrected chi connectivity index (χ1v) is 5.48. The summed E-state index contributed by atoms with van der Waals surface area (Å²) in [7, 11) is 3.88. The first-order valence-electron chi connectivity index (χ1n) is 5.48. The average Bonchev–Trinajstić information content (AvgIpc) is 2.64. The summed E-state index contributed by atoms with van der Waals surface area (Å²) >= 11 is 0. The van der Waals surface area contributed by atoms with Gasteiger partial charge < -0.3 is 10.0 Å². The molecule has 2 heterocycles. The van der Waals surface area contributed by atoms with Crippen LogP contribution in [-0.4, -0.2) is 45.9 Å². The van der Waals surface area contributed by atoms with Gasteiger partial charge in [0.15, 0.2) is 0 Å². The highest BCUT2D eigenvalue weighted by atomic mass is 35.5. The summed E-state index contributed by atoms with van der Waals surface area (Å²) < 4.78 is 1.73. The zero-order valence-electron chi connectivity index (χ0n) is 10.4. The molecule has 0 aromatic carbocycles. The van der Waals surface area contributed by atoms with E-state index in [1.54, 1.807) is 10.9 Å². The number of aromatic nitrogens is 2. The third kappa shape index (κ3) is 3.60. The SMILES string of the molecule is CN1CCC(C(=O)O)C(c2cnn(C)c2)C1.Cl.Cl. The number of halogens is 2. The Hall–Kier alpha value is -0.780. The Morgan fingerprint density at radius 1 is 1.44 bits per heavy atom. The van der Waals surface area contributed by atoms with Gasteiger partial charge >= 0.3 is 5.97 Å². The second-order valence-electron chi connectivity index (χ2n) is 4.55. The molecular formula is C11H19Cl2N3O2. The smallest absolute Gasteiger partial charge is 0.307 e. The monoisotopic (exact) mass is 295 g/mol. The van der Waals surface area contributed by atoms with Crippen molar-refractivity contribution in [2.24, 2.45) is 13.0 Å². The Kier molecular flexibility index (Phi) is 6.67. The van der Waals surface area contributed by atoms with Gasteiger partial charge in [0.05, 0.1) is 12.1 Å². The number of aryl methyl sites for hydroxylation is 1. The highest BCUT2D eigenvalue weighted by molar-refractivity contribution is 5.85. The van der Waals surface area contributed by atoms with Crippen LogP contribution in [-0.2, 0) is 11.8 Å². The van der Waals surface area contributed by atoms with Gasteiger partial charge in [-0.05, 0) is 25.6 Å². The Balaban J connectivity index is 0.00000144. The third-order valence-electron chi connectivity index (χ3n) is 3.29. The molecule has 5 nitrogen and oxygen atoms in total. The fourth-order valence-electron chi connectivity index (χ4n) is 2.38. The van der Waals surface area contributed by atoms with Crippen molar-refractivity contribution in [3.8, 4) is 0 Å². The lowest BCUT2D eigenvalue weighted by Crippen LogP contribution is -2.39. The second-order valence-corrected chi connectivity index (χ2v) is 4.55. The van der Waals surface area contributed by atoms with Crippen molar-refractivity contribution >= 4 is 30.8 Å². The molecule has 2 unspecified atom stereocenters. The molecule has 1 aliphatic rings. The minimum Gasteiger partial charge on any atom is -0.481 e. The van der Waals surface area contributed by atoms with Crippen LogP contribution < -0.4 is 0 Å². The molecule has 0 saturated carbocycles. The summed E-state index contributed by atoms with van der Waals surface area (Å²) in [4.78, 5) is 13.4. The molecule has 1 aliphatic heterocycles. The standard InChI is InChI=1S/C11H17N3O2.2ClH/c1-13-4-3-9(11(15)16)10(7-13)8-5-12-14(2)6-8;;/h5-6,9-10H,3-4,7H2,1-2H3,(H,15,16);2*1H. The van der Waals surface area contributed by atoms with E-state index in [9.17, 15) is 9.90 Å². The number of likely N-dealkylation sites (tertiary alicyclic amines) is 1. The van der Waals surface area contributed by atoms with E-state index in [-0.39, 0.29) is 36.6 Å². The maximum absolute atomic E-state index is 11.2. The fourth-order valence-corrected chi connectivity index (χ4v) is 2.38. The van der Waals surface area contributed by atoms with E-state index in [0.717, 1.165) is 18.7 Å². The first kappa shape index (κ1) is 17.2. The molecule has 0 amide bonds. The van der Waals surface area contributed by atoms with Gasteiger partial charge in [0.25, 0.3) is 0 Å². The van der Waals surface area contributed by atoms with E-state index in [0.29, 0.717) is 6.42 Å². The van der Waals surface area contributed by atoms with Gasteiger partial charge in [-0.15, -0.1) is 24.8 Å². The van der Waals surface area contributed by atoms with Crippen molar-refractivity contribution < 1.29 is 9.90 Å². The third-order valence-corrected chi connectivity index (χ3v) is 3.29. The number of carboxylic acids is 1. The van der Waals surface area contributed by atoms with Gasteiger partial charge in [-0.3, -0.25) is 9.48 Å². The summed E-state index contributed by atoms with van der Waals surface area (Å²) in [5, 5.41) is 13.3. The van der Waals surface area contributed by atoms with Crippen LogP contribution in [0.2, 0.25) is 0 Å². The van der Waals surface area contributed by atoms with Crippen LogP contribution in [0.15, 0.2) is 12.4 Å². The number of piperidine rings is 1. The van der Waals surface area contributed by atoms with Crippen LogP contribution in [0.1, 0.15) is 17.9 Å². The van der Waals surface area contributed by atoms with Crippen LogP contribution in [0.5, 0.6) is 0 Å². The van der Waals surface area contributed by atoms with E-state index < -0.39 is 5.97 Å². The molecule has 7 heteroatoms. The number of carboxylic acid groups (broad SMARTS) is 1. The van der Waals surface area contributed by atoms with Crippen molar-refractivity contribution in [3.63, 3.8) is 0 Å². The fraction of sp³-hybridized carbons (Fsp3) is 0.636. The highest BCUT2D eigenvalue weighted by Crippen LogP contribution is 2.31. The Labute approximate surface area is 119 Å². The molecule has 104 valence electrons. The number of likely N-dealkylation sites (N-methyl/N-ethyl adjacent to an activating group) is 1. The van der Waals surface area contributed by atoms with Crippen LogP contribution in [0.4, 0.5) is 0 Å². The summed E-state index contributed by atoms with van der Waals surface area (Å²) in [6, 6.07) is 0. The van der Waals surface area contributed by atoms with Crippen LogP contribution in [0, 0.1) is 5.92 Å². The van der Waals surface area contributed by atoms with Gasteiger partial charge in [0.1, 0.15) is 0 Å². The topological polar surface area (TPSA) is 58.4 Å². The lowest BCUT2D eigenvalue weighted by atomic mass is 9.82. The molecule has 0 bridgehead atoms. The van der Waals surface area contributed by atoms with Crippen LogP contribution in [0.3, 0.4) is 0 Å². The number of carbonyl (C=O) groups is 1. The molecule has 18 heavy (non-hydrogen) atoms. The quantitative estimate of drug-likeness (QED) is 0.896. The number of rotatable bonds is 2. The Morgan fingerprint density at radius 2 is 2.11 bits per heavy atom. The predicted molar refractivity (Wildman–Crippen MR) is 73.7 cm³/mol. The van der Waals surface area contributed by atoms with E-state index >= 15 is 0 Å². The Bertz CT molecular complexity index is 397. The van der Waals surface area contributed by atoms with Crippen molar-refractivity contribution in [3.05, 3.63) is 18.0 Å². The summed E-state index contributed by atoms with van der Waals surface area (Å²) in [5.74, 6) is -0.910. The highest BCUT2D eigenvalue weighted by Gasteiger charge is 2.34. The minimum absolute atomic E-state index is 0. The summed E-state index contributed by atoms with van der Waals surface area (Å²) in [6.07, 6.45) is 4.41. The summed E-state index contributed by atoms with van der Waals surface area (Å²) in [5.41, 5.74) is 1.03. The van der Waals surface area contributed by atoms with E-state index in [1.807, 2.05) is 20.3 Å². The second kappa shape index (κ2) is 6.97. The van der Waals surface area contributed by atoms with Gasteiger partial charge in [-0.25, -0.2) is 0 Å². The molecular weight excluding hydrogens is 277 g/mol. The van der Waals surface area contributed by atoms with Gasteiger partial charge in [-0.2, -0.15) is 5.10 Å². The first-order chi connectivity index (χ1) is 7.58. The molecule has 1 fully saturated rings. The average molecular weight is 296 g/mol. The molecule has 0 radical (unpaired) electrons. The van der Waals surface area contributed by atoms with Crippen molar-refractivity contribution in [1.82, 2.24) is 14.7 Å². The molecule has 1 aromatic heterocycles. The van der Waals surface area contributed by atoms with Crippen LogP contribution >= 0.6 is 24.8 Å². The molecule has 1 N–H and O–H groups in total. The lowest BCUT2D eigenvalue weighted by molar-refractivity contribution is -0.144. The zero-order chi connectivity index (χ0) is 11.7. The lowest BCUT2D eigenvalue weighted by Gasteiger charge is -2.34. The normalized spacial score (nSPS) is 23.9. The number of aliphatic carboxylic acids is 1. The molecule has 2 atom stereocenters. The molecule has 1 aromatic rings. The van der Waals surface area contributed by atoms with Crippen LogP contribution in [0.25, 0.3) is 0 Å². The van der Waals surface area contributed by atoms with Gasteiger partial charge in [0.2, 0.25) is 0 Å². The molecule has 0 aliphatic carbocycles. The minimum atomic E-state index is -0.693. The largest absolute Gasteiger partial charge is 0.481 e. The summed E-state index contributed by atoms with van der Waals surface area (Å²) in [6.45, 7) is 1.65. The molecule has 2 rings (SSSR count). The van der Waals surface area contributed by atoms with Crippen molar-refractivity contribution in [1.29, 1.82) is 0 Å². The van der Waals surface area contributed by atoms with Crippen molar-refractivity contribution in [2.75, 3.05) is 20.1 Å². The zero-order valence-corrected chi connectivity index (χ0v) is 12.1. The predicted octanol–water partition coefficient (Wildman–Crippen LogP) is 1.38. The maximum Gasteiger partial charge on any atom is 0.307 e. The Morgan fingerprint density at radius 3 is 2.61 bits per heavy atom. The van der Waals surface area contributed by atoms with Crippen molar-refractivity contribution in [2.45, 2.75) is 12.3 Å². The number of hydrogen-bond acceptors (Lipinski definition) is 3. The number of hydrogen-bond donors (Lipinski definition) is 1.